The standard InChI is InChI=1S/C22H31N3O4/c1-3-11-23-21(27)19(24-20(26)17-5-4-6-18(14-17)29-2)15-9-12-25(13-10-15)22(28)16-7-8-16/h4-6,14-16,19H,3,7-13H2,1-2H3,(H,23,27)(H,24,26)/t19-/m0/s1. The van der Waals surface area contributed by atoms with Crippen molar-refractivity contribution in [3.8, 4) is 5.75 Å². The summed E-state index contributed by atoms with van der Waals surface area (Å²) in [6.07, 6.45) is 4.24. The van der Waals surface area contributed by atoms with Crippen molar-refractivity contribution in [2.75, 3.05) is 26.7 Å². The molecule has 0 bridgehead atoms. The number of benzene rings is 1. The van der Waals surface area contributed by atoms with Crippen LogP contribution in [-0.2, 0) is 9.59 Å². The zero-order chi connectivity index (χ0) is 20.8. The van der Waals surface area contributed by atoms with E-state index in [0.717, 1.165) is 19.3 Å². The summed E-state index contributed by atoms with van der Waals surface area (Å²) < 4.78 is 5.19. The SMILES string of the molecule is CCCNC(=O)[C@@H](NC(=O)c1cccc(OC)c1)C1CCN(C(=O)C2CC2)CC1. The molecule has 2 N–H and O–H groups in total. The minimum atomic E-state index is -0.613. The highest BCUT2D eigenvalue weighted by Crippen LogP contribution is 2.33. The summed E-state index contributed by atoms with van der Waals surface area (Å²) in [4.78, 5) is 39.8. The van der Waals surface area contributed by atoms with Crippen LogP contribution in [0.15, 0.2) is 24.3 Å². The summed E-state index contributed by atoms with van der Waals surface area (Å²) in [6.45, 7) is 3.86. The van der Waals surface area contributed by atoms with Gasteiger partial charge in [-0.1, -0.05) is 13.0 Å². The van der Waals surface area contributed by atoms with Crippen LogP contribution in [0, 0.1) is 11.8 Å². The van der Waals surface area contributed by atoms with Gasteiger partial charge < -0.3 is 20.3 Å². The number of carbonyl (C=O) groups is 3. The van der Waals surface area contributed by atoms with Crippen LogP contribution < -0.4 is 15.4 Å². The van der Waals surface area contributed by atoms with Crippen LogP contribution >= 0.6 is 0 Å². The summed E-state index contributed by atoms with van der Waals surface area (Å²) in [6, 6.07) is 6.28. The minimum absolute atomic E-state index is 0.00432. The Morgan fingerprint density at radius 3 is 2.52 bits per heavy atom. The smallest absolute Gasteiger partial charge is 0.252 e. The number of amides is 3. The van der Waals surface area contributed by atoms with E-state index in [0.29, 0.717) is 43.8 Å². The third-order valence-electron chi connectivity index (χ3n) is 5.70. The first-order chi connectivity index (χ1) is 14.0. The average molecular weight is 402 g/mol. The normalized spacial score (nSPS) is 18.1. The first-order valence-electron chi connectivity index (χ1n) is 10.5. The Balaban J connectivity index is 1.66. The fourth-order valence-corrected chi connectivity index (χ4v) is 3.79. The molecule has 2 fully saturated rings. The second kappa shape index (κ2) is 9.76. The van der Waals surface area contributed by atoms with Crippen molar-refractivity contribution in [2.24, 2.45) is 11.8 Å². The molecule has 1 aromatic carbocycles. The molecule has 158 valence electrons. The molecule has 0 aromatic heterocycles. The third kappa shape index (κ3) is 5.49. The molecular weight excluding hydrogens is 370 g/mol. The lowest BCUT2D eigenvalue weighted by atomic mass is 9.88. The van der Waals surface area contributed by atoms with Crippen LogP contribution in [0.4, 0.5) is 0 Å². The number of hydrogen-bond donors (Lipinski definition) is 2. The quantitative estimate of drug-likeness (QED) is 0.697. The van der Waals surface area contributed by atoms with Crippen LogP contribution in [0.3, 0.4) is 0 Å². The van der Waals surface area contributed by atoms with Crippen molar-refractivity contribution in [1.29, 1.82) is 0 Å². The second-order valence-corrected chi connectivity index (χ2v) is 7.91. The molecule has 29 heavy (non-hydrogen) atoms. The van der Waals surface area contributed by atoms with Crippen LogP contribution in [0.25, 0.3) is 0 Å². The van der Waals surface area contributed by atoms with Gasteiger partial charge in [0.15, 0.2) is 0 Å². The summed E-state index contributed by atoms with van der Waals surface area (Å²) in [7, 11) is 1.55. The Kier molecular flexibility index (Phi) is 7.12. The maximum atomic E-state index is 12.8. The number of likely N-dealkylation sites (tertiary alicyclic amines) is 1. The topological polar surface area (TPSA) is 87.7 Å². The van der Waals surface area contributed by atoms with Gasteiger partial charge in [-0.05, 0) is 56.2 Å². The van der Waals surface area contributed by atoms with Crippen LogP contribution in [0.5, 0.6) is 5.75 Å². The number of hydrogen-bond acceptors (Lipinski definition) is 4. The molecule has 1 saturated heterocycles. The minimum Gasteiger partial charge on any atom is -0.497 e. The van der Waals surface area contributed by atoms with Gasteiger partial charge in [0.05, 0.1) is 7.11 Å². The highest BCUT2D eigenvalue weighted by molar-refractivity contribution is 5.98. The molecule has 1 aliphatic heterocycles. The van der Waals surface area contributed by atoms with Crippen LogP contribution in [0.2, 0.25) is 0 Å². The lowest BCUT2D eigenvalue weighted by Gasteiger charge is -2.36. The molecule has 3 rings (SSSR count). The third-order valence-corrected chi connectivity index (χ3v) is 5.70. The van der Waals surface area contributed by atoms with E-state index in [1.807, 2.05) is 11.8 Å². The zero-order valence-electron chi connectivity index (χ0n) is 17.3. The van der Waals surface area contributed by atoms with E-state index in [1.165, 1.54) is 0 Å². The largest absolute Gasteiger partial charge is 0.497 e. The number of piperidine rings is 1. The van der Waals surface area contributed by atoms with E-state index in [1.54, 1.807) is 31.4 Å². The van der Waals surface area contributed by atoms with E-state index >= 15 is 0 Å². The van der Waals surface area contributed by atoms with E-state index in [4.69, 9.17) is 4.74 Å². The van der Waals surface area contributed by atoms with Crippen molar-refractivity contribution in [1.82, 2.24) is 15.5 Å². The predicted molar refractivity (Wildman–Crippen MR) is 110 cm³/mol. The van der Waals surface area contributed by atoms with Gasteiger partial charge in [-0.25, -0.2) is 0 Å². The first kappa shape index (κ1) is 21.1. The molecule has 1 heterocycles. The number of nitrogens with one attached hydrogen (secondary N) is 2. The fourth-order valence-electron chi connectivity index (χ4n) is 3.79. The van der Waals surface area contributed by atoms with Gasteiger partial charge in [0.25, 0.3) is 5.91 Å². The van der Waals surface area contributed by atoms with Gasteiger partial charge in [-0.2, -0.15) is 0 Å². The van der Waals surface area contributed by atoms with Gasteiger partial charge in [-0.3, -0.25) is 14.4 Å². The van der Waals surface area contributed by atoms with Gasteiger partial charge in [0.1, 0.15) is 11.8 Å². The lowest BCUT2D eigenvalue weighted by Crippen LogP contribution is -2.54. The lowest BCUT2D eigenvalue weighted by molar-refractivity contribution is -0.134. The summed E-state index contributed by atoms with van der Waals surface area (Å²) in [5.74, 6) is 0.604. The van der Waals surface area contributed by atoms with Gasteiger partial charge in [-0.15, -0.1) is 0 Å². The van der Waals surface area contributed by atoms with E-state index < -0.39 is 6.04 Å². The number of nitrogens with zero attached hydrogens (tertiary/aromatic N) is 1. The average Bonchev–Trinajstić information content (AvgIpc) is 3.60. The van der Waals surface area contributed by atoms with Crippen molar-refractivity contribution < 1.29 is 19.1 Å². The Hall–Kier alpha value is -2.57. The van der Waals surface area contributed by atoms with E-state index in [-0.39, 0.29) is 29.6 Å². The number of methoxy groups -OCH3 is 1. The molecule has 2 aliphatic rings. The van der Waals surface area contributed by atoms with E-state index in [9.17, 15) is 14.4 Å². The van der Waals surface area contributed by atoms with Crippen LogP contribution in [-0.4, -0.2) is 55.4 Å². The zero-order valence-corrected chi connectivity index (χ0v) is 17.3. The maximum absolute atomic E-state index is 12.8. The molecule has 1 atom stereocenters. The van der Waals surface area contributed by atoms with Gasteiger partial charge in [0, 0.05) is 31.1 Å². The van der Waals surface area contributed by atoms with Crippen molar-refractivity contribution in [2.45, 2.75) is 45.1 Å². The second-order valence-electron chi connectivity index (χ2n) is 7.91. The summed E-state index contributed by atoms with van der Waals surface area (Å²) in [5.41, 5.74) is 0.457. The summed E-state index contributed by atoms with van der Waals surface area (Å²) in [5, 5.41) is 5.84. The molecule has 1 aromatic rings. The van der Waals surface area contributed by atoms with Gasteiger partial charge in [0.2, 0.25) is 11.8 Å². The Bertz CT molecular complexity index is 739. The van der Waals surface area contributed by atoms with Crippen molar-refractivity contribution >= 4 is 17.7 Å². The van der Waals surface area contributed by atoms with E-state index in [2.05, 4.69) is 10.6 Å². The monoisotopic (exact) mass is 401 g/mol. The number of rotatable bonds is 8. The molecule has 1 aliphatic carbocycles. The fraction of sp³-hybridized carbons (Fsp3) is 0.591. The molecule has 7 nitrogen and oxygen atoms in total. The molecule has 0 unspecified atom stereocenters. The van der Waals surface area contributed by atoms with Gasteiger partial charge >= 0.3 is 0 Å². The highest BCUT2D eigenvalue weighted by Gasteiger charge is 2.38. The molecule has 0 spiro atoms. The molecule has 1 saturated carbocycles. The molecule has 0 radical (unpaired) electrons. The maximum Gasteiger partial charge on any atom is 0.252 e. The summed E-state index contributed by atoms with van der Waals surface area (Å²) >= 11 is 0. The number of ether oxygens (including phenoxy) is 1. The van der Waals surface area contributed by atoms with Crippen molar-refractivity contribution in [3.05, 3.63) is 29.8 Å². The molecule has 7 heteroatoms. The number of carbonyl (C=O) groups excluding carboxylic acids is 3. The predicted octanol–water partition coefficient (Wildman–Crippen LogP) is 1.97. The van der Waals surface area contributed by atoms with Crippen LogP contribution in [0.1, 0.15) is 49.4 Å². The Labute approximate surface area is 172 Å². The molecular formula is C22H31N3O4. The highest BCUT2D eigenvalue weighted by atomic mass is 16.5. The Morgan fingerprint density at radius 1 is 1.17 bits per heavy atom. The molecule has 3 amide bonds. The first-order valence-corrected chi connectivity index (χ1v) is 10.5. The Morgan fingerprint density at radius 2 is 1.90 bits per heavy atom. The van der Waals surface area contributed by atoms with Crippen molar-refractivity contribution in [3.63, 3.8) is 0 Å².